The van der Waals surface area contributed by atoms with E-state index >= 15 is 8.78 Å². The number of aromatic nitrogens is 4. The number of ether oxygens (including phenoxy) is 3. The lowest BCUT2D eigenvalue weighted by Gasteiger charge is -2.33. The first-order valence-electron chi connectivity index (χ1n) is 20.9. The van der Waals surface area contributed by atoms with Crippen LogP contribution in [0.25, 0.3) is 22.3 Å². The van der Waals surface area contributed by atoms with Crippen molar-refractivity contribution in [2.75, 3.05) is 0 Å². The molecule has 4 unspecified atom stereocenters. The topological polar surface area (TPSA) is 102 Å². The molecule has 10 nitrogen and oxygen atoms in total. The molecule has 1 fully saturated rings. The molecule has 1 saturated carbocycles. The highest BCUT2D eigenvalue weighted by molar-refractivity contribution is 6.34. The van der Waals surface area contributed by atoms with Gasteiger partial charge >= 0.3 is 0 Å². The summed E-state index contributed by atoms with van der Waals surface area (Å²) in [5.74, 6) is 0.367. The maximum Gasteiger partial charge on any atom is 0.276 e. The quantitative estimate of drug-likeness (QED) is 0.142. The van der Waals surface area contributed by atoms with E-state index in [0.29, 0.717) is 37.9 Å². The Morgan fingerprint density at radius 1 is 0.790 bits per heavy atom. The number of aromatic hydroxyl groups is 1. The van der Waals surface area contributed by atoms with Crippen molar-refractivity contribution < 1.29 is 28.1 Å². The summed E-state index contributed by atoms with van der Waals surface area (Å²) in [6.07, 6.45) is 7.92. The van der Waals surface area contributed by atoms with E-state index in [0.717, 1.165) is 49.8 Å². The number of hydrogen-bond acceptors (Lipinski definition) is 6. The Balaban J connectivity index is 0.925. The van der Waals surface area contributed by atoms with E-state index in [-0.39, 0.29) is 101 Å². The van der Waals surface area contributed by atoms with E-state index in [2.05, 4.69) is 6.08 Å². The van der Waals surface area contributed by atoms with Gasteiger partial charge < -0.3 is 19.3 Å². The SMILES string of the molecule is CC(C)OC1C([C@H]2CC2CC2CCn3c(Cl)c(-c4cc(Oc5cccc(O)c5)c(Cl)cc4F)c(=O)n3C2)=CC=C(Oc2cc(-c3c(Cl)n4n(c3=O)CCCC4)c(F)cc2Cl)C1C. The average Bonchev–Trinajstić information content (AvgIpc) is 3.88. The van der Waals surface area contributed by atoms with Crippen LogP contribution in [0.4, 0.5) is 8.78 Å². The Kier molecular flexibility index (Phi) is 11.7. The fourth-order valence-corrected chi connectivity index (χ4v) is 10.4. The lowest BCUT2D eigenvalue weighted by Crippen LogP contribution is -2.34. The predicted octanol–water partition coefficient (Wildman–Crippen LogP) is 11.5. The molecule has 2 aliphatic heterocycles. The molecule has 0 bridgehead atoms. The Labute approximate surface area is 376 Å². The van der Waals surface area contributed by atoms with Crippen LogP contribution in [0.5, 0.6) is 23.0 Å². The molecule has 4 aliphatic rings. The third kappa shape index (κ3) is 7.91. The van der Waals surface area contributed by atoms with Crippen LogP contribution in [0.1, 0.15) is 52.9 Å². The van der Waals surface area contributed by atoms with Gasteiger partial charge in [-0.1, -0.05) is 65.5 Å². The van der Waals surface area contributed by atoms with Gasteiger partial charge in [0.15, 0.2) is 0 Å². The molecule has 3 aromatic carbocycles. The van der Waals surface area contributed by atoms with Crippen LogP contribution in [-0.4, -0.2) is 36.0 Å². The molecule has 16 heteroatoms. The van der Waals surface area contributed by atoms with E-state index in [1.807, 2.05) is 26.8 Å². The van der Waals surface area contributed by atoms with Gasteiger partial charge in [0.05, 0.1) is 33.4 Å². The molecule has 62 heavy (non-hydrogen) atoms. The molecular weight excluding hydrogens is 884 g/mol. The minimum Gasteiger partial charge on any atom is -0.508 e. The Morgan fingerprint density at radius 3 is 2.03 bits per heavy atom. The standard InChI is InChI=1S/C46H44Cl4F2N4O6/c1-23(2)60-42-24(3)37(62-39-19-32(36(52)21-34(39)48)40-43(49)53-12-4-5-13-55(53)45(40)58)10-9-29(42)30-16-26(30)15-25-11-14-54-44(50)41(46(59)56(54)22-25)31-18-38(33(47)20-35(31)51)61-28-8-6-7-27(57)17-28/h6-10,17-21,23-26,30,42,57H,4-5,11-16,22H2,1-3H3/t24?,25?,26?,30-,42?/m0/s1. The lowest BCUT2D eigenvalue weighted by atomic mass is 9.86. The van der Waals surface area contributed by atoms with Crippen LogP contribution in [0.3, 0.4) is 0 Å². The summed E-state index contributed by atoms with van der Waals surface area (Å²) in [4.78, 5) is 27.4. The average molecular weight is 929 g/mol. The van der Waals surface area contributed by atoms with Crippen LogP contribution < -0.4 is 20.6 Å². The first-order chi connectivity index (χ1) is 29.7. The number of allylic oxidation sites excluding steroid dienone is 2. The van der Waals surface area contributed by atoms with Gasteiger partial charge in [-0.15, -0.1) is 0 Å². The van der Waals surface area contributed by atoms with Gasteiger partial charge in [0.1, 0.15) is 50.7 Å². The van der Waals surface area contributed by atoms with Crippen molar-refractivity contribution in [3.05, 3.63) is 125 Å². The van der Waals surface area contributed by atoms with Crippen LogP contribution in [0.2, 0.25) is 20.4 Å². The highest BCUT2D eigenvalue weighted by Crippen LogP contribution is 2.53. The van der Waals surface area contributed by atoms with Crippen molar-refractivity contribution in [3.8, 4) is 45.3 Å². The van der Waals surface area contributed by atoms with Crippen molar-refractivity contribution in [2.45, 2.75) is 91.3 Å². The summed E-state index contributed by atoms with van der Waals surface area (Å²) in [7, 11) is 0. The van der Waals surface area contributed by atoms with Crippen LogP contribution in [0.15, 0.2) is 81.6 Å². The molecule has 0 saturated heterocycles. The van der Waals surface area contributed by atoms with Crippen LogP contribution in [0, 0.1) is 35.3 Å². The molecule has 5 atom stereocenters. The minimum absolute atomic E-state index is 0.00118. The summed E-state index contributed by atoms with van der Waals surface area (Å²) >= 11 is 26.4. The zero-order valence-electron chi connectivity index (χ0n) is 34.1. The summed E-state index contributed by atoms with van der Waals surface area (Å²) in [6.45, 7) is 8.00. The zero-order chi connectivity index (χ0) is 43.7. The first-order valence-corrected chi connectivity index (χ1v) is 22.4. The van der Waals surface area contributed by atoms with Gasteiger partial charge in [0.2, 0.25) is 0 Å². The van der Waals surface area contributed by atoms with Crippen molar-refractivity contribution in [2.24, 2.45) is 23.7 Å². The summed E-state index contributed by atoms with van der Waals surface area (Å²) in [6, 6.07) is 11.2. The second kappa shape index (κ2) is 16.9. The van der Waals surface area contributed by atoms with Gasteiger partial charge in [0, 0.05) is 49.3 Å². The lowest BCUT2D eigenvalue weighted by molar-refractivity contribution is -0.00362. The van der Waals surface area contributed by atoms with Gasteiger partial charge in [-0.05, 0) is 112 Å². The number of hydrogen-bond donors (Lipinski definition) is 1. The van der Waals surface area contributed by atoms with E-state index < -0.39 is 17.2 Å². The Morgan fingerprint density at radius 2 is 1.40 bits per heavy atom. The van der Waals surface area contributed by atoms with Gasteiger partial charge in [-0.2, -0.15) is 0 Å². The van der Waals surface area contributed by atoms with Crippen LogP contribution in [-0.2, 0) is 30.9 Å². The Bertz CT molecular complexity index is 2790. The van der Waals surface area contributed by atoms with Gasteiger partial charge in [-0.3, -0.25) is 19.0 Å². The van der Waals surface area contributed by atoms with Crippen molar-refractivity contribution in [3.63, 3.8) is 0 Å². The maximum atomic E-state index is 15.5. The number of halogens is 6. The molecule has 9 rings (SSSR count). The smallest absolute Gasteiger partial charge is 0.276 e. The number of nitrogens with zero attached hydrogens (tertiary/aromatic N) is 4. The number of benzene rings is 3. The van der Waals surface area contributed by atoms with E-state index in [9.17, 15) is 14.7 Å². The third-order valence-electron chi connectivity index (χ3n) is 12.4. The summed E-state index contributed by atoms with van der Waals surface area (Å²) in [5, 5.41) is 10.3. The normalized spacial score (nSPS) is 21.9. The van der Waals surface area contributed by atoms with E-state index in [1.165, 1.54) is 24.3 Å². The Hall–Kier alpha value is -4.46. The molecule has 0 spiro atoms. The molecule has 0 radical (unpaired) electrons. The number of phenols is 1. The summed E-state index contributed by atoms with van der Waals surface area (Å²) < 4.78 is 56.4. The summed E-state index contributed by atoms with van der Waals surface area (Å²) in [5.41, 5.74) is 0.530. The molecule has 5 aromatic rings. The molecular formula is C46H44Cl4F2N4O6. The van der Waals surface area contributed by atoms with Crippen molar-refractivity contribution in [1.82, 2.24) is 18.7 Å². The molecule has 2 aromatic heterocycles. The second-order valence-corrected chi connectivity index (χ2v) is 18.5. The van der Waals surface area contributed by atoms with Crippen molar-refractivity contribution >= 4 is 46.4 Å². The van der Waals surface area contributed by atoms with E-state index in [4.69, 9.17) is 60.6 Å². The molecule has 0 amide bonds. The molecule has 4 heterocycles. The molecule has 326 valence electrons. The van der Waals surface area contributed by atoms with Gasteiger partial charge in [0.25, 0.3) is 11.1 Å². The number of phenolic OH excluding ortho intramolecular Hbond substituents is 1. The molecule has 2 aliphatic carbocycles. The van der Waals surface area contributed by atoms with E-state index in [1.54, 1.807) is 30.9 Å². The fraction of sp³-hybridized carbons (Fsp3) is 0.391. The molecule has 1 N–H and O–H groups in total. The fourth-order valence-electron chi connectivity index (χ4n) is 9.33. The highest BCUT2D eigenvalue weighted by atomic mass is 35.5. The number of fused-ring (bicyclic) bond motifs is 2. The zero-order valence-corrected chi connectivity index (χ0v) is 37.2. The minimum atomic E-state index is -0.712. The van der Waals surface area contributed by atoms with Crippen LogP contribution >= 0.6 is 46.4 Å². The van der Waals surface area contributed by atoms with Crippen molar-refractivity contribution in [1.29, 1.82) is 0 Å². The second-order valence-electron chi connectivity index (χ2n) is 16.9. The third-order valence-corrected chi connectivity index (χ3v) is 13.8. The number of rotatable bonds is 11. The predicted molar refractivity (Wildman–Crippen MR) is 236 cm³/mol. The monoisotopic (exact) mass is 926 g/mol. The van der Waals surface area contributed by atoms with Gasteiger partial charge in [-0.25, -0.2) is 18.1 Å². The maximum absolute atomic E-state index is 15.5. The highest BCUT2D eigenvalue weighted by Gasteiger charge is 2.46. The largest absolute Gasteiger partial charge is 0.508 e. The first kappa shape index (κ1) is 42.8.